The number of nitrogens with one attached hydrogen (secondary N) is 1. The Kier molecular flexibility index (Phi) is 5.03. The second-order valence-electron chi connectivity index (χ2n) is 6.71. The summed E-state index contributed by atoms with van der Waals surface area (Å²) in [6.45, 7) is 2.62. The number of ether oxygens (including phenoxy) is 2. The highest BCUT2D eigenvalue weighted by molar-refractivity contribution is 6.03. The van der Waals surface area contributed by atoms with Gasteiger partial charge in [-0.05, 0) is 37.1 Å². The zero-order valence-electron chi connectivity index (χ0n) is 16.6. The largest absolute Gasteiger partial charge is 0.493 e. The normalized spacial score (nSPS) is 12.4. The molecule has 7 heteroatoms. The maximum absolute atomic E-state index is 12.8. The number of fused-ring (bicyclic) bond motifs is 1. The van der Waals surface area contributed by atoms with Crippen molar-refractivity contribution in [3.8, 4) is 11.5 Å². The third kappa shape index (κ3) is 3.71. The van der Waals surface area contributed by atoms with Crippen LogP contribution >= 0.6 is 0 Å². The number of carbonyl (C=O) groups is 1. The van der Waals surface area contributed by atoms with Crippen LogP contribution in [0.5, 0.6) is 11.5 Å². The van der Waals surface area contributed by atoms with E-state index in [0.717, 1.165) is 24.5 Å². The number of anilines is 3. The first kappa shape index (κ1) is 18.7. The molecule has 0 fully saturated rings. The lowest BCUT2D eigenvalue weighted by Gasteiger charge is -2.19. The molecule has 3 aromatic rings. The van der Waals surface area contributed by atoms with Gasteiger partial charge >= 0.3 is 0 Å². The van der Waals surface area contributed by atoms with Gasteiger partial charge in [0.2, 0.25) is 0 Å². The molecule has 1 amide bonds. The van der Waals surface area contributed by atoms with Crippen molar-refractivity contribution in [1.29, 1.82) is 0 Å². The highest BCUT2D eigenvalue weighted by Gasteiger charge is 2.22. The average Bonchev–Trinajstić information content (AvgIpc) is 3.17. The quantitative estimate of drug-likeness (QED) is 0.715. The Bertz CT molecular complexity index is 1070. The van der Waals surface area contributed by atoms with Crippen molar-refractivity contribution in [2.75, 3.05) is 31.0 Å². The first-order chi connectivity index (χ1) is 14.1. The second-order valence-corrected chi connectivity index (χ2v) is 6.71. The number of aryl methyl sites for hydroxylation is 1. The van der Waals surface area contributed by atoms with Crippen molar-refractivity contribution in [2.45, 2.75) is 13.3 Å². The summed E-state index contributed by atoms with van der Waals surface area (Å²) in [5.41, 5.74) is 3.31. The highest BCUT2D eigenvalue weighted by Crippen LogP contribution is 2.34. The van der Waals surface area contributed by atoms with Gasteiger partial charge in [0, 0.05) is 30.1 Å². The molecule has 0 unspecified atom stereocenters. The summed E-state index contributed by atoms with van der Waals surface area (Å²) in [5, 5.41) is 2.87. The van der Waals surface area contributed by atoms with Crippen molar-refractivity contribution >= 4 is 23.1 Å². The fourth-order valence-corrected chi connectivity index (χ4v) is 3.49. The number of carbonyl (C=O) groups excluding carboxylic acids is 1. The van der Waals surface area contributed by atoms with E-state index in [2.05, 4.69) is 32.3 Å². The van der Waals surface area contributed by atoms with E-state index >= 15 is 0 Å². The molecule has 4 rings (SSSR count). The number of benzene rings is 2. The molecule has 0 saturated carbocycles. The van der Waals surface area contributed by atoms with Crippen molar-refractivity contribution in [3.63, 3.8) is 0 Å². The predicted octanol–water partition coefficient (Wildman–Crippen LogP) is 3.75. The van der Waals surface area contributed by atoms with Gasteiger partial charge in [-0.25, -0.2) is 9.97 Å². The maximum atomic E-state index is 12.8. The third-order valence-corrected chi connectivity index (χ3v) is 4.86. The number of hydrogen-bond donors (Lipinski definition) is 1. The SMILES string of the molecule is COc1ccc(NC(=O)c2cc(N3CCc4ccccc43)nc(C)n2)cc1OC. The standard InChI is InChI=1S/C22H22N4O3/c1-14-23-17(22(27)25-16-8-9-19(28-2)20(12-16)29-3)13-21(24-14)26-11-10-15-6-4-5-7-18(15)26/h4-9,12-13H,10-11H2,1-3H3,(H,25,27). The molecule has 0 aliphatic carbocycles. The zero-order valence-corrected chi connectivity index (χ0v) is 16.6. The lowest BCUT2D eigenvalue weighted by Crippen LogP contribution is -2.19. The summed E-state index contributed by atoms with van der Waals surface area (Å²) in [6.07, 6.45) is 0.951. The van der Waals surface area contributed by atoms with Crippen LogP contribution in [0.4, 0.5) is 17.2 Å². The van der Waals surface area contributed by atoms with Gasteiger partial charge in [-0.3, -0.25) is 4.79 Å². The molecular formula is C22H22N4O3. The van der Waals surface area contributed by atoms with Crippen molar-refractivity contribution in [2.24, 2.45) is 0 Å². The van der Waals surface area contributed by atoms with Gasteiger partial charge < -0.3 is 19.7 Å². The molecule has 29 heavy (non-hydrogen) atoms. The molecule has 2 aromatic carbocycles. The molecule has 0 saturated heterocycles. The van der Waals surface area contributed by atoms with Crippen LogP contribution in [0, 0.1) is 6.92 Å². The summed E-state index contributed by atoms with van der Waals surface area (Å²) in [5.74, 6) is 2.10. The molecule has 0 radical (unpaired) electrons. The van der Waals surface area contributed by atoms with E-state index in [1.165, 1.54) is 5.56 Å². The van der Waals surface area contributed by atoms with Gasteiger partial charge in [-0.2, -0.15) is 0 Å². The number of amides is 1. The molecule has 148 valence electrons. The summed E-state index contributed by atoms with van der Waals surface area (Å²) < 4.78 is 10.5. The van der Waals surface area contributed by atoms with Gasteiger partial charge in [-0.15, -0.1) is 0 Å². The van der Waals surface area contributed by atoms with Crippen molar-refractivity contribution in [1.82, 2.24) is 9.97 Å². The number of hydrogen-bond acceptors (Lipinski definition) is 6. The van der Waals surface area contributed by atoms with Crippen LogP contribution in [0.25, 0.3) is 0 Å². The van der Waals surface area contributed by atoms with E-state index in [4.69, 9.17) is 9.47 Å². The number of para-hydroxylation sites is 1. The third-order valence-electron chi connectivity index (χ3n) is 4.86. The smallest absolute Gasteiger partial charge is 0.274 e. The first-order valence-corrected chi connectivity index (χ1v) is 9.33. The Morgan fingerprint density at radius 2 is 1.83 bits per heavy atom. The molecule has 1 aliphatic rings. The van der Waals surface area contributed by atoms with E-state index in [9.17, 15) is 4.79 Å². The summed E-state index contributed by atoms with van der Waals surface area (Å²) >= 11 is 0. The van der Waals surface area contributed by atoms with Gasteiger partial charge in [0.05, 0.1) is 14.2 Å². The van der Waals surface area contributed by atoms with E-state index in [-0.39, 0.29) is 5.91 Å². The lowest BCUT2D eigenvalue weighted by atomic mass is 10.2. The first-order valence-electron chi connectivity index (χ1n) is 9.33. The van der Waals surface area contributed by atoms with Crippen molar-refractivity contribution < 1.29 is 14.3 Å². The second kappa shape index (κ2) is 7.79. The van der Waals surface area contributed by atoms with Gasteiger partial charge in [0.1, 0.15) is 17.3 Å². The predicted molar refractivity (Wildman–Crippen MR) is 111 cm³/mol. The Hall–Kier alpha value is -3.61. The molecule has 1 aliphatic heterocycles. The molecule has 7 nitrogen and oxygen atoms in total. The van der Waals surface area contributed by atoms with E-state index in [0.29, 0.717) is 28.7 Å². The molecule has 1 N–H and O–H groups in total. The van der Waals surface area contributed by atoms with E-state index < -0.39 is 0 Å². The minimum absolute atomic E-state index is 0.309. The van der Waals surface area contributed by atoms with E-state index in [1.54, 1.807) is 45.4 Å². The van der Waals surface area contributed by atoms with E-state index in [1.807, 2.05) is 12.1 Å². The molecule has 0 bridgehead atoms. The van der Waals surface area contributed by atoms with Gasteiger partial charge in [0.15, 0.2) is 11.5 Å². The van der Waals surface area contributed by atoms with Crippen LogP contribution in [0.1, 0.15) is 21.9 Å². The Labute approximate surface area is 169 Å². The minimum Gasteiger partial charge on any atom is -0.493 e. The van der Waals surface area contributed by atoms with Crippen LogP contribution in [-0.4, -0.2) is 36.6 Å². The van der Waals surface area contributed by atoms with Crippen LogP contribution in [-0.2, 0) is 6.42 Å². The van der Waals surface area contributed by atoms with Gasteiger partial charge in [0.25, 0.3) is 5.91 Å². The maximum Gasteiger partial charge on any atom is 0.274 e. The molecule has 2 heterocycles. The Morgan fingerprint density at radius 1 is 1.03 bits per heavy atom. The van der Waals surface area contributed by atoms with Crippen LogP contribution in [0.2, 0.25) is 0 Å². The van der Waals surface area contributed by atoms with Crippen LogP contribution in [0.15, 0.2) is 48.5 Å². The number of rotatable bonds is 5. The summed E-state index contributed by atoms with van der Waals surface area (Å²) in [7, 11) is 3.12. The lowest BCUT2D eigenvalue weighted by molar-refractivity contribution is 0.102. The number of methoxy groups -OCH3 is 2. The summed E-state index contributed by atoms with van der Waals surface area (Å²) in [6, 6.07) is 15.2. The topological polar surface area (TPSA) is 76.6 Å². The molecule has 1 aromatic heterocycles. The Balaban J connectivity index is 1.60. The number of nitrogens with zero attached hydrogens (tertiary/aromatic N) is 3. The highest BCUT2D eigenvalue weighted by atomic mass is 16.5. The number of aromatic nitrogens is 2. The molecule has 0 spiro atoms. The van der Waals surface area contributed by atoms with Crippen LogP contribution in [0.3, 0.4) is 0 Å². The van der Waals surface area contributed by atoms with Gasteiger partial charge in [-0.1, -0.05) is 18.2 Å². The van der Waals surface area contributed by atoms with Crippen LogP contribution < -0.4 is 19.7 Å². The zero-order chi connectivity index (χ0) is 20.4. The summed E-state index contributed by atoms with van der Waals surface area (Å²) in [4.78, 5) is 23.8. The minimum atomic E-state index is -0.309. The monoisotopic (exact) mass is 390 g/mol. The fourth-order valence-electron chi connectivity index (χ4n) is 3.49. The average molecular weight is 390 g/mol. The molecule has 0 atom stereocenters. The van der Waals surface area contributed by atoms with Crippen molar-refractivity contribution in [3.05, 3.63) is 65.6 Å². The fraction of sp³-hybridized carbons (Fsp3) is 0.227. The molecular weight excluding hydrogens is 368 g/mol. The Morgan fingerprint density at radius 3 is 2.62 bits per heavy atom.